The molecule has 0 radical (unpaired) electrons. The maximum absolute atomic E-state index is 12.4. The molecule has 0 saturated heterocycles. The van der Waals surface area contributed by atoms with Crippen LogP contribution in [0.3, 0.4) is 0 Å². The summed E-state index contributed by atoms with van der Waals surface area (Å²) in [5, 5.41) is 4.11. The van der Waals surface area contributed by atoms with Gasteiger partial charge in [-0.05, 0) is 51.8 Å². The summed E-state index contributed by atoms with van der Waals surface area (Å²) in [6.07, 6.45) is 2.76. The third-order valence-electron chi connectivity index (χ3n) is 5.99. The number of rotatable bonds is 5. The minimum Gasteiger partial charge on any atom is -0.294 e. The van der Waals surface area contributed by atoms with Crippen LogP contribution in [0.15, 0.2) is 77.9 Å². The molecule has 0 spiro atoms. The maximum atomic E-state index is 12.4. The third-order valence-corrected chi connectivity index (χ3v) is 5.99. The molecule has 1 aliphatic rings. The predicted octanol–water partition coefficient (Wildman–Crippen LogP) is 5.31. The van der Waals surface area contributed by atoms with Crippen molar-refractivity contribution in [2.24, 2.45) is 5.10 Å². The van der Waals surface area contributed by atoms with E-state index in [2.05, 4.69) is 72.6 Å². The number of hydrogen-bond acceptors (Lipinski definition) is 3. The van der Waals surface area contributed by atoms with E-state index in [0.717, 1.165) is 31.6 Å². The molecular weight excluding hydrogens is 394 g/mol. The molecule has 0 fully saturated rings. The van der Waals surface area contributed by atoms with Gasteiger partial charge in [-0.25, -0.2) is 5.43 Å². The first kappa shape index (κ1) is 22.0. The minimum atomic E-state index is -0.203. The number of amides is 1. The fraction of sp³-hybridized carbons (Fsp3) is 0.286. The lowest BCUT2D eigenvalue weighted by Gasteiger charge is -2.28. The monoisotopic (exact) mass is 425 g/mol. The number of nitrogens with one attached hydrogen (secondary N) is 1. The highest BCUT2D eigenvalue weighted by Crippen LogP contribution is 2.22. The van der Waals surface area contributed by atoms with Gasteiger partial charge in [-0.15, -0.1) is 0 Å². The highest BCUT2D eigenvalue weighted by Gasteiger charge is 2.16. The van der Waals surface area contributed by atoms with Crippen molar-refractivity contribution in [2.45, 2.75) is 45.7 Å². The van der Waals surface area contributed by atoms with Crippen molar-refractivity contribution in [1.82, 2.24) is 10.3 Å². The Morgan fingerprint density at radius 3 is 2.34 bits per heavy atom. The van der Waals surface area contributed by atoms with Gasteiger partial charge in [-0.1, -0.05) is 81.4 Å². The maximum Gasteiger partial charge on any atom is 0.271 e. The van der Waals surface area contributed by atoms with E-state index in [1.807, 2.05) is 36.4 Å². The highest BCUT2D eigenvalue weighted by atomic mass is 16.2. The van der Waals surface area contributed by atoms with Crippen molar-refractivity contribution in [3.63, 3.8) is 0 Å². The lowest BCUT2D eigenvalue weighted by Crippen LogP contribution is -2.30. The zero-order valence-corrected chi connectivity index (χ0v) is 19.1. The second kappa shape index (κ2) is 9.49. The standard InChI is InChI=1S/C28H31N3O/c1-28(2,3)26-14-10-21(11-15-26)18-29-30-27(32)24-12-8-22(9-13-24)19-31-17-16-23-6-4-5-7-25(23)20-31/h4-15,18H,16-17,19-20H2,1-3H3,(H,30,32). The van der Waals surface area contributed by atoms with Crippen LogP contribution in [0.25, 0.3) is 0 Å². The van der Waals surface area contributed by atoms with Gasteiger partial charge in [-0.3, -0.25) is 9.69 Å². The van der Waals surface area contributed by atoms with Gasteiger partial charge in [0.2, 0.25) is 0 Å². The fourth-order valence-corrected chi connectivity index (χ4v) is 4.01. The van der Waals surface area contributed by atoms with Crippen LogP contribution in [0.5, 0.6) is 0 Å². The van der Waals surface area contributed by atoms with E-state index in [4.69, 9.17) is 0 Å². The molecule has 1 aliphatic heterocycles. The van der Waals surface area contributed by atoms with Crippen LogP contribution in [-0.4, -0.2) is 23.6 Å². The largest absolute Gasteiger partial charge is 0.294 e. The Bertz CT molecular complexity index is 1090. The van der Waals surface area contributed by atoms with Crippen molar-refractivity contribution in [1.29, 1.82) is 0 Å². The molecule has 0 aromatic heterocycles. The van der Waals surface area contributed by atoms with Crippen molar-refractivity contribution in [2.75, 3.05) is 6.54 Å². The summed E-state index contributed by atoms with van der Waals surface area (Å²) >= 11 is 0. The third kappa shape index (κ3) is 5.51. The van der Waals surface area contributed by atoms with E-state index >= 15 is 0 Å². The van der Waals surface area contributed by atoms with Crippen LogP contribution in [-0.2, 0) is 24.9 Å². The van der Waals surface area contributed by atoms with Crippen LogP contribution in [0.4, 0.5) is 0 Å². The Balaban J connectivity index is 1.30. The first-order valence-electron chi connectivity index (χ1n) is 11.2. The van der Waals surface area contributed by atoms with E-state index in [1.54, 1.807) is 6.21 Å². The molecule has 0 atom stereocenters. The van der Waals surface area contributed by atoms with Crippen LogP contribution in [0, 0.1) is 0 Å². The molecule has 4 rings (SSSR count). The minimum absolute atomic E-state index is 0.120. The smallest absolute Gasteiger partial charge is 0.271 e. The van der Waals surface area contributed by atoms with Gasteiger partial charge in [-0.2, -0.15) is 5.10 Å². The first-order chi connectivity index (χ1) is 15.4. The van der Waals surface area contributed by atoms with Crippen LogP contribution in [0.1, 0.15) is 58.9 Å². The number of carbonyl (C=O) groups is 1. The Labute approximate surface area is 191 Å². The molecule has 1 amide bonds. The molecule has 4 nitrogen and oxygen atoms in total. The molecule has 1 N–H and O–H groups in total. The number of nitrogens with zero attached hydrogens (tertiary/aromatic N) is 2. The van der Waals surface area contributed by atoms with Gasteiger partial charge < -0.3 is 0 Å². The van der Waals surface area contributed by atoms with Crippen LogP contribution < -0.4 is 5.43 Å². The van der Waals surface area contributed by atoms with E-state index in [9.17, 15) is 4.79 Å². The summed E-state index contributed by atoms with van der Waals surface area (Å²) in [6, 6.07) is 24.7. The average molecular weight is 426 g/mol. The van der Waals surface area contributed by atoms with Gasteiger partial charge in [0.15, 0.2) is 0 Å². The van der Waals surface area contributed by atoms with Gasteiger partial charge in [0, 0.05) is 25.2 Å². The number of fused-ring (bicyclic) bond motifs is 1. The topological polar surface area (TPSA) is 44.7 Å². The van der Waals surface area contributed by atoms with E-state index in [0.29, 0.717) is 5.56 Å². The van der Waals surface area contributed by atoms with Gasteiger partial charge in [0.1, 0.15) is 0 Å². The summed E-state index contributed by atoms with van der Waals surface area (Å²) in [6.45, 7) is 9.49. The molecule has 3 aromatic carbocycles. The first-order valence-corrected chi connectivity index (χ1v) is 11.2. The lowest BCUT2D eigenvalue weighted by atomic mass is 9.87. The fourth-order valence-electron chi connectivity index (χ4n) is 4.01. The van der Waals surface area contributed by atoms with Crippen LogP contribution >= 0.6 is 0 Å². The van der Waals surface area contributed by atoms with E-state index in [1.165, 1.54) is 22.3 Å². The molecule has 32 heavy (non-hydrogen) atoms. The van der Waals surface area contributed by atoms with E-state index < -0.39 is 0 Å². The van der Waals surface area contributed by atoms with Crippen molar-refractivity contribution >= 4 is 12.1 Å². The molecule has 0 bridgehead atoms. The van der Waals surface area contributed by atoms with Gasteiger partial charge >= 0.3 is 0 Å². The Hall–Kier alpha value is -3.24. The molecule has 0 saturated carbocycles. The zero-order chi connectivity index (χ0) is 22.6. The molecule has 164 valence electrons. The summed E-state index contributed by atoms with van der Waals surface area (Å²) < 4.78 is 0. The number of hydrazone groups is 1. The zero-order valence-electron chi connectivity index (χ0n) is 19.1. The normalized spacial score (nSPS) is 14.3. The number of carbonyl (C=O) groups excluding carboxylic acids is 1. The predicted molar refractivity (Wildman–Crippen MR) is 131 cm³/mol. The van der Waals surface area contributed by atoms with Crippen molar-refractivity contribution < 1.29 is 4.79 Å². The van der Waals surface area contributed by atoms with E-state index in [-0.39, 0.29) is 11.3 Å². The van der Waals surface area contributed by atoms with Gasteiger partial charge in [0.05, 0.1) is 6.21 Å². The van der Waals surface area contributed by atoms with Crippen LogP contribution in [0.2, 0.25) is 0 Å². The number of hydrogen-bond donors (Lipinski definition) is 1. The summed E-state index contributed by atoms with van der Waals surface area (Å²) in [5.41, 5.74) is 9.67. The quantitative estimate of drug-likeness (QED) is 0.445. The molecule has 0 unspecified atom stereocenters. The summed E-state index contributed by atoms with van der Waals surface area (Å²) in [4.78, 5) is 14.9. The molecule has 0 aliphatic carbocycles. The summed E-state index contributed by atoms with van der Waals surface area (Å²) in [7, 11) is 0. The second-order valence-electron chi connectivity index (χ2n) is 9.50. The van der Waals surface area contributed by atoms with Crippen molar-refractivity contribution in [3.8, 4) is 0 Å². The SMILES string of the molecule is CC(C)(C)c1ccc(C=NNC(=O)c2ccc(CN3CCc4ccccc4C3)cc2)cc1. The average Bonchev–Trinajstić information content (AvgIpc) is 2.79. The second-order valence-corrected chi connectivity index (χ2v) is 9.50. The molecule has 4 heteroatoms. The Kier molecular flexibility index (Phi) is 6.52. The summed E-state index contributed by atoms with van der Waals surface area (Å²) in [5.74, 6) is -0.203. The lowest BCUT2D eigenvalue weighted by molar-refractivity contribution is 0.0955. The Morgan fingerprint density at radius 2 is 1.66 bits per heavy atom. The molecule has 1 heterocycles. The van der Waals surface area contributed by atoms with Crippen molar-refractivity contribution in [3.05, 3.63) is 106 Å². The highest BCUT2D eigenvalue weighted by molar-refractivity contribution is 5.94. The molecular formula is C28H31N3O. The van der Waals surface area contributed by atoms with Gasteiger partial charge in [0.25, 0.3) is 5.91 Å². The Morgan fingerprint density at radius 1 is 0.969 bits per heavy atom. The number of benzene rings is 3. The molecule has 3 aromatic rings.